The number of hydrogen-bond acceptors (Lipinski definition) is 3. The third kappa shape index (κ3) is 5.40. The lowest BCUT2D eigenvalue weighted by atomic mass is 9.86. The van der Waals surface area contributed by atoms with E-state index in [0.29, 0.717) is 30.7 Å². The van der Waals surface area contributed by atoms with Gasteiger partial charge in [-0.25, -0.2) is 0 Å². The highest BCUT2D eigenvalue weighted by Gasteiger charge is 2.16. The summed E-state index contributed by atoms with van der Waals surface area (Å²) in [6.07, 6.45) is 5.30. The van der Waals surface area contributed by atoms with E-state index in [1.807, 2.05) is 0 Å². The Bertz CT molecular complexity index is 430. The van der Waals surface area contributed by atoms with E-state index in [1.165, 1.54) is 25.5 Å². The van der Waals surface area contributed by atoms with E-state index < -0.39 is 0 Å². The van der Waals surface area contributed by atoms with Crippen LogP contribution >= 0.6 is 24.0 Å². The Hall–Kier alpha value is -1.25. The number of nitrogens with one attached hydrogen (secondary N) is 2. The number of nitrogens with two attached hydrogens (primary N) is 1. The van der Waals surface area contributed by atoms with Crippen LogP contribution < -0.4 is 16.4 Å². The van der Waals surface area contributed by atoms with Gasteiger partial charge in [0.2, 0.25) is 0 Å². The van der Waals surface area contributed by atoms with Crippen molar-refractivity contribution in [1.82, 2.24) is 10.6 Å². The van der Waals surface area contributed by atoms with Crippen molar-refractivity contribution < 1.29 is 9.21 Å². The van der Waals surface area contributed by atoms with Crippen LogP contribution in [0.15, 0.2) is 27.8 Å². The molecule has 0 spiro atoms. The zero-order valence-electron chi connectivity index (χ0n) is 11.3. The molecule has 0 aliphatic heterocycles. The van der Waals surface area contributed by atoms with E-state index in [9.17, 15) is 4.79 Å². The zero-order valence-corrected chi connectivity index (χ0v) is 13.6. The number of rotatable bonds is 6. The highest BCUT2D eigenvalue weighted by molar-refractivity contribution is 14.0. The van der Waals surface area contributed by atoms with Gasteiger partial charge >= 0.3 is 0 Å². The van der Waals surface area contributed by atoms with E-state index in [4.69, 9.17) is 10.2 Å². The topological polar surface area (TPSA) is 92.6 Å². The minimum Gasteiger partial charge on any atom is -0.459 e. The normalized spacial score (nSPS) is 15.1. The molecule has 4 N–H and O–H groups in total. The number of amides is 1. The molecule has 1 aliphatic rings. The second-order valence-corrected chi connectivity index (χ2v) is 4.68. The summed E-state index contributed by atoms with van der Waals surface area (Å²) < 4.78 is 4.98. The number of hydrogen-bond donors (Lipinski definition) is 3. The Labute approximate surface area is 135 Å². The molecule has 112 valence electrons. The summed E-state index contributed by atoms with van der Waals surface area (Å²) in [6.45, 7) is 1.82. The smallest absolute Gasteiger partial charge is 0.287 e. The summed E-state index contributed by atoms with van der Waals surface area (Å²) in [4.78, 5) is 15.8. The standard InChI is InChI=1S/C13H20N4O2.HI/c14-13(17-9-10-3-1-4-10)16-7-6-15-12(18)11-5-2-8-19-11;/h2,5,8,10H,1,3-4,6-7,9H2,(H,15,18)(H3,14,16,17);1H. The van der Waals surface area contributed by atoms with Crippen molar-refractivity contribution in [2.75, 3.05) is 19.6 Å². The average molecular weight is 392 g/mol. The van der Waals surface area contributed by atoms with Gasteiger partial charge < -0.3 is 20.8 Å². The third-order valence-electron chi connectivity index (χ3n) is 3.21. The zero-order chi connectivity index (χ0) is 13.5. The van der Waals surface area contributed by atoms with Gasteiger partial charge in [0.1, 0.15) is 0 Å². The molecule has 1 aromatic rings. The van der Waals surface area contributed by atoms with Crippen LogP contribution in [0.4, 0.5) is 0 Å². The van der Waals surface area contributed by atoms with Crippen LogP contribution in [0.25, 0.3) is 0 Å². The van der Waals surface area contributed by atoms with Gasteiger partial charge in [-0.05, 0) is 30.9 Å². The summed E-state index contributed by atoms with van der Waals surface area (Å²) in [5, 5.41) is 5.69. The predicted octanol–water partition coefficient (Wildman–Crippen LogP) is 1.33. The van der Waals surface area contributed by atoms with Crippen LogP contribution in [0.1, 0.15) is 29.8 Å². The van der Waals surface area contributed by atoms with Crippen molar-refractivity contribution in [2.45, 2.75) is 19.3 Å². The lowest BCUT2D eigenvalue weighted by molar-refractivity contribution is 0.0926. The number of aliphatic imine (C=N–C) groups is 1. The highest BCUT2D eigenvalue weighted by Crippen LogP contribution is 2.26. The second-order valence-electron chi connectivity index (χ2n) is 4.68. The van der Waals surface area contributed by atoms with E-state index in [2.05, 4.69) is 15.6 Å². The first-order chi connectivity index (χ1) is 9.25. The monoisotopic (exact) mass is 392 g/mol. The van der Waals surface area contributed by atoms with Gasteiger partial charge in [-0.2, -0.15) is 0 Å². The fourth-order valence-electron chi connectivity index (χ4n) is 1.82. The summed E-state index contributed by atoms with van der Waals surface area (Å²) in [5.74, 6) is 1.24. The minimum absolute atomic E-state index is 0. The summed E-state index contributed by atoms with van der Waals surface area (Å²) in [5.41, 5.74) is 5.72. The first-order valence-electron chi connectivity index (χ1n) is 6.61. The van der Waals surface area contributed by atoms with Gasteiger partial charge in [0.15, 0.2) is 11.7 Å². The molecule has 1 amide bonds. The Morgan fingerprint density at radius 2 is 2.15 bits per heavy atom. The minimum atomic E-state index is -0.225. The van der Waals surface area contributed by atoms with E-state index >= 15 is 0 Å². The molecule has 0 atom stereocenters. The maximum absolute atomic E-state index is 11.5. The quantitative estimate of drug-likeness (QED) is 0.295. The van der Waals surface area contributed by atoms with E-state index in [1.54, 1.807) is 12.1 Å². The van der Waals surface area contributed by atoms with Crippen molar-refractivity contribution >= 4 is 35.8 Å². The average Bonchev–Trinajstić information content (AvgIpc) is 2.86. The Morgan fingerprint density at radius 3 is 2.75 bits per heavy atom. The molecule has 0 radical (unpaired) electrons. The van der Waals surface area contributed by atoms with Gasteiger partial charge in [-0.3, -0.25) is 9.79 Å². The number of carbonyl (C=O) groups is 1. The van der Waals surface area contributed by atoms with Crippen molar-refractivity contribution in [1.29, 1.82) is 0 Å². The molecule has 1 aromatic heterocycles. The van der Waals surface area contributed by atoms with Gasteiger partial charge in [0.25, 0.3) is 5.91 Å². The third-order valence-corrected chi connectivity index (χ3v) is 3.21. The Balaban J connectivity index is 0.00000200. The maximum Gasteiger partial charge on any atom is 0.287 e. The molecule has 1 heterocycles. The Kier molecular flexibility index (Phi) is 7.42. The fourth-order valence-corrected chi connectivity index (χ4v) is 1.82. The number of guanidine groups is 1. The first kappa shape index (κ1) is 16.8. The van der Waals surface area contributed by atoms with Crippen LogP contribution in [0.2, 0.25) is 0 Å². The van der Waals surface area contributed by atoms with Crippen molar-refractivity contribution in [3.05, 3.63) is 24.2 Å². The molecule has 0 aromatic carbocycles. The van der Waals surface area contributed by atoms with Gasteiger partial charge in [-0.1, -0.05) is 6.42 Å². The molecule has 7 heteroatoms. The summed E-state index contributed by atoms with van der Waals surface area (Å²) in [7, 11) is 0. The maximum atomic E-state index is 11.5. The fraction of sp³-hybridized carbons (Fsp3) is 0.538. The first-order valence-corrected chi connectivity index (χ1v) is 6.61. The van der Waals surface area contributed by atoms with Crippen LogP contribution in [0.5, 0.6) is 0 Å². The number of nitrogens with zero attached hydrogens (tertiary/aromatic N) is 1. The van der Waals surface area contributed by atoms with Crippen LogP contribution in [0, 0.1) is 5.92 Å². The lowest BCUT2D eigenvalue weighted by Gasteiger charge is -2.23. The van der Waals surface area contributed by atoms with Gasteiger partial charge in [0.05, 0.1) is 6.26 Å². The number of carbonyl (C=O) groups excluding carboxylic acids is 1. The molecule has 0 unspecified atom stereocenters. The molecule has 1 saturated carbocycles. The van der Waals surface area contributed by atoms with Crippen molar-refractivity contribution in [3.8, 4) is 0 Å². The molecule has 2 rings (SSSR count). The molecule has 6 nitrogen and oxygen atoms in total. The largest absolute Gasteiger partial charge is 0.459 e. The second kappa shape index (κ2) is 8.83. The molecule has 20 heavy (non-hydrogen) atoms. The van der Waals surface area contributed by atoms with Crippen molar-refractivity contribution in [2.24, 2.45) is 16.6 Å². The van der Waals surface area contributed by atoms with Gasteiger partial charge in [-0.15, -0.1) is 24.0 Å². The highest BCUT2D eigenvalue weighted by atomic mass is 127. The van der Waals surface area contributed by atoms with Crippen LogP contribution in [-0.4, -0.2) is 31.5 Å². The Morgan fingerprint density at radius 1 is 1.40 bits per heavy atom. The summed E-state index contributed by atoms with van der Waals surface area (Å²) in [6, 6.07) is 3.30. The van der Waals surface area contributed by atoms with Gasteiger partial charge in [0, 0.05) is 19.6 Å². The molecule has 1 aliphatic carbocycles. The summed E-state index contributed by atoms with van der Waals surface area (Å²) >= 11 is 0. The van der Waals surface area contributed by atoms with Crippen molar-refractivity contribution in [3.63, 3.8) is 0 Å². The lowest BCUT2D eigenvalue weighted by Crippen LogP contribution is -2.38. The van der Waals surface area contributed by atoms with E-state index in [-0.39, 0.29) is 29.9 Å². The predicted molar refractivity (Wildman–Crippen MR) is 88.3 cm³/mol. The molecule has 0 saturated heterocycles. The van der Waals surface area contributed by atoms with Crippen LogP contribution in [-0.2, 0) is 0 Å². The van der Waals surface area contributed by atoms with Crippen LogP contribution in [0.3, 0.4) is 0 Å². The molecular weight excluding hydrogens is 371 g/mol. The molecule has 0 bridgehead atoms. The van der Waals surface area contributed by atoms with E-state index in [0.717, 1.165) is 6.54 Å². The molecule has 1 fully saturated rings. The SMILES string of the molecule is I.NC(=NCC1CCC1)NCCNC(=O)c1ccco1. The molecular formula is C13H21IN4O2. The number of furan rings is 1. The number of halogens is 1.